The van der Waals surface area contributed by atoms with Crippen molar-refractivity contribution >= 4 is 17.8 Å². The number of aromatic hydroxyl groups is 1. The fourth-order valence-corrected chi connectivity index (χ4v) is 1.16. The molecule has 0 unspecified atom stereocenters. The Morgan fingerprint density at radius 3 is 2.43 bits per heavy atom. The number of hydrogen-bond donors (Lipinski definition) is 3. The zero-order chi connectivity index (χ0) is 10.6. The fourth-order valence-electron chi connectivity index (χ4n) is 1.16. The molecule has 0 aliphatic rings. The van der Waals surface area contributed by atoms with E-state index in [1.54, 1.807) is 24.3 Å². The van der Waals surface area contributed by atoms with Gasteiger partial charge in [0, 0.05) is 5.22 Å². The lowest BCUT2D eigenvalue weighted by Crippen LogP contribution is -2.21. The lowest BCUT2D eigenvalue weighted by molar-refractivity contribution is 0.457. The number of aromatic amines is 1. The maximum absolute atomic E-state index is 9.39. The number of nitrogens with zero attached hydrogens (tertiary/aromatic N) is 1. The monoisotopic (exact) mass is 189 g/mol. The normalized spacial score (nSPS) is 12.9. The quantitative estimate of drug-likeness (QED) is 0.616. The molecule has 1 aromatic rings. The largest absolute Gasteiger partial charge is 0.493 e. The summed E-state index contributed by atoms with van der Waals surface area (Å²) in [6.45, 7) is 7.10. The molecule has 1 heterocycles. The van der Waals surface area contributed by atoms with Gasteiger partial charge in [0.2, 0.25) is 5.88 Å². The van der Waals surface area contributed by atoms with Crippen LogP contribution in [0.1, 0.15) is 0 Å². The van der Waals surface area contributed by atoms with Crippen LogP contribution in [0.2, 0.25) is 0 Å². The first-order valence-electron chi connectivity index (χ1n) is 3.98. The molecule has 0 fully saturated rings. The van der Waals surface area contributed by atoms with E-state index < -0.39 is 0 Å². The van der Waals surface area contributed by atoms with Gasteiger partial charge in [-0.05, 0) is 6.08 Å². The summed E-state index contributed by atoms with van der Waals surface area (Å²) >= 11 is 0. The topological polar surface area (TPSA) is 72.2 Å². The van der Waals surface area contributed by atoms with E-state index >= 15 is 0 Å². The van der Waals surface area contributed by atoms with Gasteiger partial charge in [0.15, 0.2) is 5.69 Å². The number of aromatic nitrogens is 1. The summed E-state index contributed by atoms with van der Waals surface area (Å²) in [6.07, 6.45) is 6.50. The third kappa shape index (κ3) is 1.64. The minimum Gasteiger partial charge on any atom is -0.493 e. The van der Waals surface area contributed by atoms with Gasteiger partial charge >= 0.3 is 0 Å². The molecule has 0 aliphatic heterocycles. The van der Waals surface area contributed by atoms with Gasteiger partial charge in [0.25, 0.3) is 0 Å². The van der Waals surface area contributed by atoms with Crippen molar-refractivity contribution in [2.75, 3.05) is 0 Å². The molecule has 0 atom stereocenters. The van der Waals surface area contributed by atoms with Crippen molar-refractivity contribution in [2.24, 2.45) is 5.11 Å². The summed E-state index contributed by atoms with van der Waals surface area (Å²) in [7, 11) is 0. The average Bonchev–Trinajstić information content (AvgIpc) is 2.44. The van der Waals surface area contributed by atoms with Crippen LogP contribution in [-0.2, 0) is 0 Å². The van der Waals surface area contributed by atoms with Crippen molar-refractivity contribution in [2.45, 2.75) is 0 Å². The number of nitrogens with one attached hydrogen (secondary N) is 2. The van der Waals surface area contributed by atoms with Crippen LogP contribution in [-0.4, -0.2) is 10.1 Å². The Morgan fingerprint density at radius 2 is 1.93 bits per heavy atom. The predicted molar refractivity (Wildman–Crippen MR) is 55.8 cm³/mol. The SMILES string of the molecule is C=C/C=c1/c(N=N)c(O)[nH]/c1=C/C=C. The Labute approximate surface area is 81.1 Å². The molecular formula is C10H11N3O. The van der Waals surface area contributed by atoms with Gasteiger partial charge in [0.05, 0.1) is 5.35 Å². The minimum absolute atomic E-state index is 0.124. The van der Waals surface area contributed by atoms with Crippen LogP contribution < -0.4 is 10.6 Å². The minimum atomic E-state index is -0.124. The van der Waals surface area contributed by atoms with E-state index in [4.69, 9.17) is 5.53 Å². The zero-order valence-corrected chi connectivity index (χ0v) is 7.62. The Balaban J connectivity index is 3.71. The molecule has 4 heteroatoms. The van der Waals surface area contributed by atoms with E-state index in [2.05, 4.69) is 23.3 Å². The fraction of sp³-hybridized carbons (Fsp3) is 0. The van der Waals surface area contributed by atoms with E-state index in [1.807, 2.05) is 0 Å². The van der Waals surface area contributed by atoms with Crippen molar-refractivity contribution in [1.29, 1.82) is 5.53 Å². The number of H-pyrrole nitrogens is 1. The first-order valence-corrected chi connectivity index (χ1v) is 3.98. The maximum Gasteiger partial charge on any atom is 0.218 e. The van der Waals surface area contributed by atoms with Gasteiger partial charge in [-0.15, -0.1) is 0 Å². The van der Waals surface area contributed by atoms with Crippen LogP contribution in [0, 0.1) is 5.53 Å². The number of allylic oxidation sites excluding steroid dienone is 2. The first-order chi connectivity index (χ1) is 6.74. The van der Waals surface area contributed by atoms with Gasteiger partial charge in [-0.3, -0.25) is 0 Å². The van der Waals surface area contributed by atoms with Gasteiger partial charge < -0.3 is 10.1 Å². The summed E-state index contributed by atoms with van der Waals surface area (Å²) in [5, 5.41) is 13.9. The van der Waals surface area contributed by atoms with Crippen LogP contribution >= 0.6 is 0 Å². The molecule has 72 valence electrons. The molecule has 0 bridgehead atoms. The Kier molecular flexibility index (Phi) is 3.01. The molecule has 1 rings (SSSR count). The lowest BCUT2D eigenvalue weighted by atomic mass is 10.3. The summed E-state index contributed by atoms with van der Waals surface area (Å²) in [5.41, 5.74) is 7.11. The molecule has 0 amide bonds. The van der Waals surface area contributed by atoms with Crippen LogP contribution in [0.15, 0.2) is 30.4 Å². The summed E-state index contributed by atoms with van der Waals surface area (Å²) in [5.74, 6) is -0.124. The molecule has 0 aromatic carbocycles. The highest BCUT2D eigenvalue weighted by Gasteiger charge is 2.04. The zero-order valence-electron chi connectivity index (χ0n) is 7.62. The van der Waals surface area contributed by atoms with Gasteiger partial charge in [-0.25, -0.2) is 5.53 Å². The summed E-state index contributed by atoms with van der Waals surface area (Å²) in [6, 6.07) is 0. The van der Waals surface area contributed by atoms with Gasteiger partial charge in [-0.1, -0.05) is 31.4 Å². The van der Waals surface area contributed by atoms with Gasteiger partial charge in [-0.2, -0.15) is 5.11 Å². The second-order valence-corrected chi connectivity index (χ2v) is 2.57. The highest BCUT2D eigenvalue weighted by atomic mass is 16.3. The van der Waals surface area contributed by atoms with E-state index in [0.29, 0.717) is 10.6 Å². The van der Waals surface area contributed by atoms with E-state index in [0.717, 1.165) is 0 Å². The maximum atomic E-state index is 9.39. The predicted octanol–water partition coefficient (Wildman–Crippen LogP) is 1.32. The summed E-state index contributed by atoms with van der Waals surface area (Å²) < 4.78 is 0. The average molecular weight is 189 g/mol. The second-order valence-electron chi connectivity index (χ2n) is 2.57. The molecule has 14 heavy (non-hydrogen) atoms. The first kappa shape index (κ1) is 9.98. The molecule has 3 N–H and O–H groups in total. The molecular weight excluding hydrogens is 178 g/mol. The second kappa shape index (κ2) is 4.23. The third-order valence-electron chi connectivity index (χ3n) is 1.70. The van der Waals surface area contributed by atoms with Crippen LogP contribution in [0.3, 0.4) is 0 Å². The van der Waals surface area contributed by atoms with Gasteiger partial charge in [0.1, 0.15) is 0 Å². The van der Waals surface area contributed by atoms with Crippen LogP contribution in [0.4, 0.5) is 5.69 Å². The molecule has 4 nitrogen and oxygen atoms in total. The smallest absolute Gasteiger partial charge is 0.218 e. The molecule has 0 saturated heterocycles. The molecule has 0 saturated carbocycles. The molecule has 0 spiro atoms. The molecule has 0 radical (unpaired) electrons. The Bertz CT molecular complexity index is 482. The van der Waals surface area contributed by atoms with Crippen molar-refractivity contribution in [3.63, 3.8) is 0 Å². The van der Waals surface area contributed by atoms with Crippen molar-refractivity contribution < 1.29 is 5.11 Å². The summed E-state index contributed by atoms with van der Waals surface area (Å²) in [4.78, 5) is 2.69. The van der Waals surface area contributed by atoms with E-state index in [-0.39, 0.29) is 11.6 Å². The van der Waals surface area contributed by atoms with Crippen molar-refractivity contribution in [3.05, 3.63) is 35.9 Å². The number of hydrogen-bond acceptors (Lipinski definition) is 3. The Morgan fingerprint density at radius 1 is 1.29 bits per heavy atom. The van der Waals surface area contributed by atoms with E-state index in [9.17, 15) is 5.11 Å². The molecule has 0 aliphatic carbocycles. The van der Waals surface area contributed by atoms with Crippen molar-refractivity contribution in [1.82, 2.24) is 4.98 Å². The van der Waals surface area contributed by atoms with E-state index in [1.165, 1.54) is 0 Å². The third-order valence-corrected chi connectivity index (χ3v) is 1.70. The Hall–Kier alpha value is -2.10. The highest BCUT2D eigenvalue weighted by molar-refractivity contribution is 5.56. The van der Waals surface area contributed by atoms with Crippen LogP contribution in [0.5, 0.6) is 5.88 Å². The molecule has 1 aromatic heterocycles. The van der Waals surface area contributed by atoms with Crippen LogP contribution in [0.25, 0.3) is 12.2 Å². The number of rotatable bonds is 3. The standard InChI is InChI=1S/C10H11N3O/c1-3-5-7-8(6-4-2)12-10(14)9(7)13-11/h3-6,11-12,14H,1-2H2/b7-5+,8-6+,13-11?. The lowest BCUT2D eigenvalue weighted by Gasteiger charge is -1.83. The highest BCUT2D eigenvalue weighted by Crippen LogP contribution is 2.15. The van der Waals surface area contributed by atoms with Crippen molar-refractivity contribution in [3.8, 4) is 5.88 Å².